The Balaban J connectivity index is 1.16. The Hall–Kier alpha value is -4.36. The van der Waals surface area contributed by atoms with Crippen molar-refractivity contribution in [3.8, 4) is 5.75 Å². The van der Waals surface area contributed by atoms with Crippen LogP contribution >= 0.6 is 0 Å². The number of ether oxygens (including phenoxy) is 2. The van der Waals surface area contributed by atoms with Gasteiger partial charge in [-0.25, -0.2) is 14.8 Å². The number of pyridine rings is 1. The molecule has 3 aliphatic rings. The average molecular weight is 690 g/mol. The van der Waals surface area contributed by atoms with Crippen LogP contribution in [0.1, 0.15) is 79.9 Å². The monoisotopic (exact) mass is 689 g/mol. The number of aliphatic hydroxyl groups is 1. The van der Waals surface area contributed by atoms with Crippen molar-refractivity contribution in [2.75, 3.05) is 49.5 Å². The number of hydrogen-bond donors (Lipinski definition) is 3. The fourth-order valence-corrected chi connectivity index (χ4v) is 6.53. The number of likely N-dealkylation sites (N-methyl/N-ethyl adjacent to an activating group) is 1. The smallest absolute Gasteiger partial charge is 0.410 e. The topological polar surface area (TPSA) is 146 Å². The number of amides is 2. The van der Waals surface area contributed by atoms with Gasteiger partial charge in [-0.05, 0) is 95.3 Å². The summed E-state index contributed by atoms with van der Waals surface area (Å²) in [6.07, 6.45) is 3.55. The number of benzene rings is 1. The second-order valence-electron chi connectivity index (χ2n) is 14.5. The molecule has 4 heterocycles. The molecule has 0 bridgehead atoms. The van der Waals surface area contributed by atoms with Crippen molar-refractivity contribution in [3.63, 3.8) is 0 Å². The van der Waals surface area contributed by atoms with Crippen LogP contribution in [0, 0.1) is 6.92 Å². The molecule has 2 atom stereocenters. The van der Waals surface area contributed by atoms with Crippen molar-refractivity contribution in [2.24, 2.45) is 0 Å². The first kappa shape index (κ1) is 35.5. The van der Waals surface area contributed by atoms with Crippen LogP contribution < -0.4 is 20.3 Å². The molecule has 2 amide bonds. The maximum Gasteiger partial charge on any atom is 0.410 e. The maximum atomic E-state index is 13.7. The van der Waals surface area contributed by atoms with E-state index in [0.717, 1.165) is 68.2 Å². The molecular formula is C37H51N7O6. The minimum absolute atomic E-state index is 0.0475. The first-order valence-electron chi connectivity index (χ1n) is 17.8. The molecule has 1 aromatic carbocycles. The van der Waals surface area contributed by atoms with Crippen LogP contribution in [0.4, 0.5) is 16.4 Å². The Morgan fingerprint density at radius 2 is 1.88 bits per heavy atom. The Labute approximate surface area is 294 Å². The molecule has 0 radical (unpaired) electrons. The molecule has 13 heteroatoms. The molecule has 3 N–H and O–H groups in total. The molecule has 2 fully saturated rings. The second-order valence-corrected chi connectivity index (χ2v) is 14.5. The molecule has 3 aromatic rings. The summed E-state index contributed by atoms with van der Waals surface area (Å²) in [5, 5.41) is 18.0. The summed E-state index contributed by atoms with van der Waals surface area (Å²) in [4.78, 5) is 42.4. The van der Waals surface area contributed by atoms with E-state index in [1.54, 1.807) is 11.0 Å². The van der Waals surface area contributed by atoms with E-state index in [0.29, 0.717) is 35.4 Å². The van der Waals surface area contributed by atoms with Gasteiger partial charge in [0.05, 0.1) is 17.8 Å². The number of hydrogen-bond acceptors (Lipinski definition) is 11. The molecule has 0 unspecified atom stereocenters. The highest BCUT2D eigenvalue weighted by Gasteiger charge is 2.37. The predicted octanol–water partition coefficient (Wildman–Crippen LogP) is 4.52. The lowest BCUT2D eigenvalue weighted by Gasteiger charge is -2.40. The molecule has 270 valence electrons. The highest BCUT2D eigenvalue weighted by atomic mass is 16.6. The van der Waals surface area contributed by atoms with Gasteiger partial charge in [-0.3, -0.25) is 9.69 Å². The molecule has 2 aromatic heterocycles. The van der Waals surface area contributed by atoms with Crippen LogP contribution in [0.15, 0.2) is 41.1 Å². The zero-order valence-corrected chi connectivity index (χ0v) is 29.9. The van der Waals surface area contributed by atoms with E-state index >= 15 is 0 Å². The van der Waals surface area contributed by atoms with Gasteiger partial charge in [0.15, 0.2) is 12.2 Å². The third-order valence-electron chi connectivity index (χ3n) is 9.78. The van der Waals surface area contributed by atoms with E-state index in [4.69, 9.17) is 18.9 Å². The number of nitrogens with zero attached hydrogens (tertiary/aromatic N) is 5. The van der Waals surface area contributed by atoms with Crippen LogP contribution in [0.3, 0.4) is 0 Å². The second kappa shape index (κ2) is 15.3. The van der Waals surface area contributed by atoms with Crippen LogP contribution in [0.2, 0.25) is 0 Å². The molecule has 2 aliphatic heterocycles. The van der Waals surface area contributed by atoms with Gasteiger partial charge in [0.2, 0.25) is 0 Å². The number of aliphatic hydroxyl groups excluding tert-OH is 1. The highest BCUT2D eigenvalue weighted by molar-refractivity contribution is 5.95. The lowest BCUT2D eigenvalue weighted by molar-refractivity contribution is -0.0113. The largest absolute Gasteiger partial charge is 0.486 e. The first-order valence-corrected chi connectivity index (χ1v) is 17.8. The lowest BCUT2D eigenvalue weighted by atomic mass is 9.91. The van der Waals surface area contributed by atoms with Gasteiger partial charge < -0.3 is 39.4 Å². The summed E-state index contributed by atoms with van der Waals surface area (Å²) in [5.41, 5.74) is 2.40. The first-order chi connectivity index (χ1) is 24.0. The van der Waals surface area contributed by atoms with Crippen molar-refractivity contribution >= 4 is 23.6 Å². The highest BCUT2D eigenvalue weighted by Crippen LogP contribution is 2.31. The Morgan fingerprint density at radius 1 is 1.10 bits per heavy atom. The van der Waals surface area contributed by atoms with E-state index in [2.05, 4.69) is 32.3 Å². The standard InChI is InChI=1S/C37H51N7O6/c1-6-42-12-14-43(15-13-42)34-19-26(18-33(41-34)40-28-8-7-9-28)35(46)38-20-31(45)30-17-25-10-11-29(48-22-32-24(2)39-23-49-32)16-27(25)21-44(30)36(47)50-37(3,4)5/h10-11,16,18-19,23,28,30-31,45H,6-9,12-15,17,20-22H2,1-5H3,(H,38,46)(H,40,41)/t30-,31+/m0/s1. The number of fused-ring (bicyclic) bond motifs is 1. The quantitative estimate of drug-likeness (QED) is 0.261. The van der Waals surface area contributed by atoms with Crippen molar-refractivity contribution in [2.45, 2.75) is 97.2 Å². The maximum absolute atomic E-state index is 13.7. The van der Waals surface area contributed by atoms with Crippen molar-refractivity contribution < 1.29 is 28.6 Å². The normalized spacial score (nSPS) is 19.0. The summed E-state index contributed by atoms with van der Waals surface area (Å²) < 4.78 is 17.1. The van der Waals surface area contributed by atoms with Crippen LogP contribution in [0.25, 0.3) is 0 Å². The van der Waals surface area contributed by atoms with Crippen LogP contribution in [-0.2, 0) is 24.3 Å². The van der Waals surface area contributed by atoms with E-state index in [1.807, 2.05) is 52.0 Å². The number of rotatable bonds is 11. The minimum atomic E-state index is -1.05. The number of carbonyl (C=O) groups excluding carboxylic acids is 2. The fraction of sp³-hybridized carbons (Fsp3) is 0.568. The summed E-state index contributed by atoms with van der Waals surface area (Å²) in [6.45, 7) is 14.4. The van der Waals surface area contributed by atoms with Crippen molar-refractivity contribution in [1.29, 1.82) is 0 Å². The van der Waals surface area contributed by atoms with Gasteiger partial charge >= 0.3 is 6.09 Å². The molecule has 13 nitrogen and oxygen atoms in total. The molecule has 1 saturated carbocycles. The minimum Gasteiger partial charge on any atom is -0.486 e. The number of aromatic nitrogens is 2. The zero-order valence-electron chi connectivity index (χ0n) is 29.9. The predicted molar refractivity (Wildman–Crippen MR) is 189 cm³/mol. The van der Waals surface area contributed by atoms with Crippen LogP contribution in [0.5, 0.6) is 5.75 Å². The summed E-state index contributed by atoms with van der Waals surface area (Å²) in [6, 6.07) is 9.10. The third-order valence-corrected chi connectivity index (χ3v) is 9.78. The lowest BCUT2D eigenvalue weighted by Crippen LogP contribution is -2.54. The van der Waals surface area contributed by atoms with E-state index in [-0.39, 0.29) is 25.6 Å². The molecular weight excluding hydrogens is 638 g/mol. The summed E-state index contributed by atoms with van der Waals surface area (Å²) in [5.74, 6) is 2.43. The Bertz CT molecular complexity index is 1640. The van der Waals surface area contributed by atoms with Crippen molar-refractivity contribution in [3.05, 3.63) is 64.9 Å². The van der Waals surface area contributed by atoms with E-state index in [9.17, 15) is 14.7 Å². The molecule has 1 aliphatic carbocycles. The summed E-state index contributed by atoms with van der Waals surface area (Å²) >= 11 is 0. The van der Waals surface area contributed by atoms with Gasteiger partial charge in [0, 0.05) is 50.9 Å². The Morgan fingerprint density at radius 3 is 2.54 bits per heavy atom. The van der Waals surface area contributed by atoms with E-state index < -0.39 is 23.8 Å². The molecule has 0 spiro atoms. The molecule has 50 heavy (non-hydrogen) atoms. The van der Waals surface area contributed by atoms with Gasteiger partial charge in [0.1, 0.15) is 29.6 Å². The zero-order chi connectivity index (χ0) is 35.4. The number of carbonyl (C=O) groups is 2. The number of nitrogens with one attached hydrogen (secondary N) is 2. The Kier molecular flexibility index (Phi) is 10.8. The average Bonchev–Trinajstić information content (AvgIpc) is 3.50. The SMILES string of the molecule is CCN1CCN(c2cc(C(=O)NC[C@@H](O)[C@@H]3Cc4ccc(OCc5ocnc5C)cc4CN3C(=O)OC(C)(C)C)cc(NC3CCC3)n2)CC1. The number of oxazole rings is 1. The van der Waals surface area contributed by atoms with Gasteiger partial charge in [-0.1, -0.05) is 13.0 Å². The number of piperazine rings is 1. The fourth-order valence-electron chi connectivity index (χ4n) is 6.53. The molecule has 1 saturated heterocycles. The summed E-state index contributed by atoms with van der Waals surface area (Å²) in [7, 11) is 0. The van der Waals surface area contributed by atoms with Crippen LogP contribution in [-0.4, -0.2) is 99.9 Å². The van der Waals surface area contributed by atoms with Crippen molar-refractivity contribution in [1.82, 2.24) is 25.1 Å². The number of anilines is 2. The third kappa shape index (κ3) is 8.67. The van der Waals surface area contributed by atoms with Gasteiger partial charge in [-0.2, -0.15) is 0 Å². The van der Waals surface area contributed by atoms with Gasteiger partial charge in [-0.15, -0.1) is 0 Å². The molecule has 6 rings (SSSR count). The van der Waals surface area contributed by atoms with E-state index in [1.165, 1.54) is 12.8 Å². The van der Waals surface area contributed by atoms with Gasteiger partial charge in [0.25, 0.3) is 5.91 Å². The number of aryl methyl sites for hydroxylation is 1.